The molecule has 0 aliphatic carbocycles. The summed E-state index contributed by atoms with van der Waals surface area (Å²) in [6.07, 6.45) is 4.80. The van der Waals surface area contributed by atoms with Crippen LogP contribution >= 0.6 is 0 Å². The third-order valence-corrected chi connectivity index (χ3v) is 4.83. The molecule has 0 amide bonds. The Morgan fingerprint density at radius 1 is 1.03 bits per heavy atom. The molecule has 0 spiro atoms. The fourth-order valence-electron chi connectivity index (χ4n) is 3.33. The van der Waals surface area contributed by atoms with Crippen molar-refractivity contribution in [3.8, 4) is 11.1 Å². The maximum atomic E-state index is 4.58. The molecular formula is C23H26N6. The van der Waals surface area contributed by atoms with E-state index in [0.717, 1.165) is 44.2 Å². The molecule has 0 atom stereocenters. The van der Waals surface area contributed by atoms with Gasteiger partial charge in [-0.05, 0) is 42.7 Å². The van der Waals surface area contributed by atoms with E-state index in [-0.39, 0.29) is 0 Å². The molecule has 1 aromatic heterocycles. The van der Waals surface area contributed by atoms with E-state index in [1.54, 1.807) is 6.20 Å². The van der Waals surface area contributed by atoms with Crippen LogP contribution in [0.1, 0.15) is 12.0 Å². The first-order chi connectivity index (χ1) is 14.3. The predicted molar refractivity (Wildman–Crippen MR) is 120 cm³/mol. The van der Waals surface area contributed by atoms with Crippen LogP contribution in [0.2, 0.25) is 0 Å². The first-order valence-corrected chi connectivity index (χ1v) is 9.98. The third kappa shape index (κ3) is 5.39. The van der Waals surface area contributed by atoms with E-state index < -0.39 is 0 Å². The lowest BCUT2D eigenvalue weighted by Crippen LogP contribution is -2.23. The average Bonchev–Trinajstić information content (AvgIpc) is 3.25. The number of aromatic nitrogens is 2. The zero-order chi connectivity index (χ0) is 19.9. The summed E-state index contributed by atoms with van der Waals surface area (Å²) in [6.45, 7) is 5.80. The van der Waals surface area contributed by atoms with Crippen LogP contribution in [0.3, 0.4) is 0 Å². The van der Waals surface area contributed by atoms with Gasteiger partial charge in [0.05, 0.1) is 6.67 Å². The molecule has 148 valence electrons. The Kier molecular flexibility index (Phi) is 6.12. The van der Waals surface area contributed by atoms with E-state index >= 15 is 0 Å². The van der Waals surface area contributed by atoms with Crippen LogP contribution < -0.4 is 10.6 Å². The molecule has 0 saturated heterocycles. The van der Waals surface area contributed by atoms with Crippen LogP contribution in [0.25, 0.3) is 11.1 Å². The molecule has 6 nitrogen and oxygen atoms in total. The highest BCUT2D eigenvalue weighted by Crippen LogP contribution is 2.24. The summed E-state index contributed by atoms with van der Waals surface area (Å²) in [6, 6.07) is 18.7. The van der Waals surface area contributed by atoms with E-state index in [9.17, 15) is 0 Å². The van der Waals surface area contributed by atoms with Crippen molar-refractivity contribution >= 4 is 23.7 Å². The fourth-order valence-corrected chi connectivity index (χ4v) is 3.33. The monoisotopic (exact) mass is 386 g/mol. The van der Waals surface area contributed by atoms with Crippen molar-refractivity contribution in [2.45, 2.75) is 13.3 Å². The van der Waals surface area contributed by atoms with Gasteiger partial charge in [-0.2, -0.15) is 4.98 Å². The lowest BCUT2D eigenvalue weighted by molar-refractivity contribution is 0.341. The largest absolute Gasteiger partial charge is 0.370 e. The van der Waals surface area contributed by atoms with Crippen LogP contribution in [0.4, 0.5) is 17.5 Å². The van der Waals surface area contributed by atoms with E-state index in [1.165, 1.54) is 16.7 Å². The number of rotatable bonds is 8. The van der Waals surface area contributed by atoms with Crippen molar-refractivity contribution in [1.29, 1.82) is 0 Å². The predicted octanol–water partition coefficient (Wildman–Crippen LogP) is 4.34. The zero-order valence-electron chi connectivity index (χ0n) is 16.7. The van der Waals surface area contributed by atoms with Gasteiger partial charge in [0, 0.05) is 37.7 Å². The van der Waals surface area contributed by atoms with Gasteiger partial charge in [-0.3, -0.25) is 9.89 Å². The van der Waals surface area contributed by atoms with Crippen molar-refractivity contribution in [1.82, 2.24) is 14.9 Å². The smallest absolute Gasteiger partial charge is 0.229 e. The molecule has 0 bridgehead atoms. The maximum Gasteiger partial charge on any atom is 0.229 e. The third-order valence-electron chi connectivity index (χ3n) is 4.83. The molecule has 4 rings (SSSR count). The molecule has 6 heteroatoms. The van der Waals surface area contributed by atoms with Crippen LogP contribution in [-0.4, -0.2) is 47.4 Å². The number of nitrogens with one attached hydrogen (secondary N) is 2. The summed E-state index contributed by atoms with van der Waals surface area (Å²) in [5.74, 6) is 1.42. The maximum absolute atomic E-state index is 4.58. The van der Waals surface area contributed by atoms with E-state index in [4.69, 9.17) is 0 Å². The van der Waals surface area contributed by atoms with Gasteiger partial charge in [0.2, 0.25) is 5.95 Å². The highest BCUT2D eigenvalue weighted by Gasteiger charge is 2.06. The molecule has 1 aliphatic rings. The lowest BCUT2D eigenvalue weighted by atomic mass is 10.0. The quantitative estimate of drug-likeness (QED) is 0.564. The Labute approximate surface area is 171 Å². The van der Waals surface area contributed by atoms with Crippen molar-refractivity contribution in [2.75, 3.05) is 36.9 Å². The Morgan fingerprint density at radius 3 is 2.72 bits per heavy atom. The molecule has 0 saturated carbocycles. The molecule has 3 aromatic rings. The number of anilines is 3. The van der Waals surface area contributed by atoms with Gasteiger partial charge in [-0.25, -0.2) is 4.98 Å². The minimum atomic E-state index is 0.587. The van der Waals surface area contributed by atoms with Crippen molar-refractivity contribution < 1.29 is 0 Å². The molecule has 29 heavy (non-hydrogen) atoms. The fraction of sp³-hybridized carbons (Fsp3) is 0.261. The zero-order valence-corrected chi connectivity index (χ0v) is 16.7. The van der Waals surface area contributed by atoms with E-state index in [2.05, 4.69) is 73.8 Å². The summed E-state index contributed by atoms with van der Waals surface area (Å²) < 4.78 is 0. The van der Waals surface area contributed by atoms with Gasteiger partial charge in [-0.1, -0.05) is 42.0 Å². The number of aryl methyl sites for hydroxylation is 1. The van der Waals surface area contributed by atoms with Crippen LogP contribution in [0.15, 0.2) is 65.8 Å². The van der Waals surface area contributed by atoms with Gasteiger partial charge in [0.15, 0.2) is 0 Å². The van der Waals surface area contributed by atoms with Crippen molar-refractivity contribution in [3.05, 3.63) is 66.4 Å². The number of aliphatic imine (C=N–C) groups is 1. The molecule has 1 aliphatic heterocycles. The van der Waals surface area contributed by atoms with Crippen LogP contribution in [-0.2, 0) is 0 Å². The molecule has 0 unspecified atom stereocenters. The second kappa shape index (κ2) is 9.30. The molecule has 2 N–H and O–H groups in total. The Balaban J connectivity index is 1.35. The van der Waals surface area contributed by atoms with Gasteiger partial charge in [0.25, 0.3) is 0 Å². The molecular weight excluding hydrogens is 360 g/mol. The van der Waals surface area contributed by atoms with Gasteiger partial charge in [-0.15, -0.1) is 0 Å². The number of hydrogen-bond acceptors (Lipinski definition) is 6. The summed E-state index contributed by atoms with van der Waals surface area (Å²) in [5, 5.41) is 6.70. The second-order valence-electron chi connectivity index (χ2n) is 7.20. The minimum Gasteiger partial charge on any atom is -0.370 e. The topological polar surface area (TPSA) is 65.4 Å². The standard InChI is InChI=1S/C23H26N6/c1-18-5-2-6-19(15-18)20-7-3-8-21(16-20)27-23-26-11-9-22(28-23)25-10-4-13-29-14-12-24-17-29/h2-3,5-9,11-12,15-16H,4,10,13-14,17H2,1H3,(H2,25,26,27,28). The van der Waals surface area contributed by atoms with E-state index in [0.29, 0.717) is 5.95 Å². The van der Waals surface area contributed by atoms with Gasteiger partial charge in [0.1, 0.15) is 5.82 Å². The van der Waals surface area contributed by atoms with Crippen LogP contribution in [0.5, 0.6) is 0 Å². The lowest BCUT2D eigenvalue weighted by Gasteiger charge is -2.13. The highest BCUT2D eigenvalue weighted by molar-refractivity contribution is 5.70. The van der Waals surface area contributed by atoms with Gasteiger partial charge < -0.3 is 10.6 Å². The Morgan fingerprint density at radius 2 is 1.90 bits per heavy atom. The minimum absolute atomic E-state index is 0.587. The summed E-state index contributed by atoms with van der Waals surface area (Å²) in [4.78, 5) is 15.5. The van der Waals surface area contributed by atoms with Crippen molar-refractivity contribution in [3.63, 3.8) is 0 Å². The van der Waals surface area contributed by atoms with Crippen molar-refractivity contribution in [2.24, 2.45) is 4.99 Å². The SMILES string of the molecule is Cc1cccc(-c2cccc(Nc3nccc(NCCCN4CC=NC4)n3)c2)c1. The first-order valence-electron chi connectivity index (χ1n) is 9.98. The Hall–Kier alpha value is -3.25. The summed E-state index contributed by atoms with van der Waals surface area (Å²) in [7, 11) is 0. The Bertz CT molecular complexity index is 976. The number of nitrogens with zero attached hydrogens (tertiary/aromatic N) is 4. The highest BCUT2D eigenvalue weighted by atomic mass is 15.2. The average molecular weight is 387 g/mol. The first kappa shape index (κ1) is 19.1. The molecule has 0 radical (unpaired) electrons. The number of benzene rings is 2. The van der Waals surface area contributed by atoms with E-state index in [1.807, 2.05) is 24.4 Å². The summed E-state index contributed by atoms with van der Waals surface area (Å²) in [5.41, 5.74) is 4.59. The molecule has 0 fully saturated rings. The summed E-state index contributed by atoms with van der Waals surface area (Å²) >= 11 is 0. The van der Waals surface area contributed by atoms with Crippen LogP contribution in [0, 0.1) is 6.92 Å². The number of hydrogen-bond donors (Lipinski definition) is 2. The second-order valence-corrected chi connectivity index (χ2v) is 7.20. The van der Waals surface area contributed by atoms with Gasteiger partial charge >= 0.3 is 0 Å². The molecule has 2 aromatic carbocycles. The molecule has 2 heterocycles. The normalized spacial score (nSPS) is 13.6.